The van der Waals surface area contributed by atoms with Crippen LogP contribution in [-0.4, -0.2) is 36.8 Å². The number of para-hydroxylation sites is 1. The summed E-state index contributed by atoms with van der Waals surface area (Å²) in [5.41, 5.74) is 0.583. The number of nitro benzene ring substituents is 1. The van der Waals surface area contributed by atoms with Crippen LogP contribution in [0.2, 0.25) is 0 Å². The van der Waals surface area contributed by atoms with Gasteiger partial charge < -0.3 is 14.6 Å². The Kier molecular flexibility index (Phi) is 5.08. The normalized spacial score (nSPS) is 20.7. The summed E-state index contributed by atoms with van der Waals surface area (Å²) in [5, 5.41) is 20.1. The van der Waals surface area contributed by atoms with Crippen molar-refractivity contribution in [3.63, 3.8) is 0 Å². The minimum Gasteiger partial charge on any atom is -0.486 e. The average Bonchev–Trinajstić information content (AvgIpc) is 3.29. The van der Waals surface area contributed by atoms with E-state index in [-0.39, 0.29) is 23.5 Å². The Morgan fingerprint density at radius 1 is 1.20 bits per heavy atom. The summed E-state index contributed by atoms with van der Waals surface area (Å²) in [6, 6.07) is 8.91. The second-order valence-electron chi connectivity index (χ2n) is 6.96. The number of nitrogens with zero attached hydrogens (tertiary/aromatic N) is 1. The zero-order valence-corrected chi connectivity index (χ0v) is 16.3. The Bertz CT molecular complexity index is 1100. The summed E-state index contributed by atoms with van der Waals surface area (Å²) in [5.74, 6) is -0.976. The number of carboxylic acids is 1. The van der Waals surface area contributed by atoms with Gasteiger partial charge in [-0.3, -0.25) is 10.1 Å². The molecule has 0 bridgehead atoms. The number of non-ortho nitro benzene ring substituents is 1. The van der Waals surface area contributed by atoms with Gasteiger partial charge in [-0.05, 0) is 37.5 Å². The topological polar surface area (TPSA) is 142 Å². The van der Waals surface area contributed by atoms with Gasteiger partial charge in [0, 0.05) is 23.6 Å². The van der Waals surface area contributed by atoms with E-state index in [4.69, 9.17) is 13.7 Å². The third-order valence-electron chi connectivity index (χ3n) is 5.12. The van der Waals surface area contributed by atoms with Crippen LogP contribution in [0, 0.1) is 10.1 Å². The van der Waals surface area contributed by atoms with Gasteiger partial charge in [0.1, 0.15) is 6.10 Å². The second kappa shape index (κ2) is 7.58. The summed E-state index contributed by atoms with van der Waals surface area (Å²) in [4.78, 5) is 21.2. The standard InChI is InChI=1S/C19H17NO9S/c21-18(22)19(29-30(25,26)12-9-7-11(8-10-12)20(23)24)28-16-6-2-4-14-13-3-1-5-15(13)27-17(14)16/h2,4,6-10,13,15,19H,1,3,5H2,(H,21,22). The number of benzene rings is 2. The molecule has 1 N–H and O–H groups in total. The molecule has 3 atom stereocenters. The summed E-state index contributed by atoms with van der Waals surface area (Å²) in [6.07, 6.45) is 0.702. The van der Waals surface area contributed by atoms with E-state index in [1.54, 1.807) is 6.07 Å². The van der Waals surface area contributed by atoms with Crippen LogP contribution in [-0.2, 0) is 19.1 Å². The molecule has 0 spiro atoms. The maximum Gasteiger partial charge on any atom is 0.375 e. The first-order valence-corrected chi connectivity index (χ1v) is 10.5. The van der Waals surface area contributed by atoms with Gasteiger partial charge in [-0.15, -0.1) is 0 Å². The van der Waals surface area contributed by atoms with E-state index in [1.807, 2.05) is 6.07 Å². The van der Waals surface area contributed by atoms with Gasteiger partial charge in [-0.1, -0.05) is 12.1 Å². The first-order valence-electron chi connectivity index (χ1n) is 9.13. The van der Waals surface area contributed by atoms with Crippen molar-refractivity contribution in [2.45, 2.75) is 42.5 Å². The number of carbonyl (C=O) groups is 1. The molecule has 11 heteroatoms. The third-order valence-corrected chi connectivity index (χ3v) is 6.39. The van der Waals surface area contributed by atoms with Crippen molar-refractivity contribution in [3.8, 4) is 11.5 Å². The Balaban J connectivity index is 1.56. The van der Waals surface area contributed by atoms with Crippen molar-refractivity contribution in [1.82, 2.24) is 0 Å². The predicted molar refractivity (Wildman–Crippen MR) is 101 cm³/mol. The lowest BCUT2D eigenvalue weighted by Crippen LogP contribution is -2.32. The van der Waals surface area contributed by atoms with Crippen LogP contribution >= 0.6 is 0 Å². The minimum absolute atomic E-state index is 0.00205. The number of hydrogen-bond donors (Lipinski definition) is 1. The van der Waals surface area contributed by atoms with E-state index in [1.165, 1.54) is 6.07 Å². The molecule has 30 heavy (non-hydrogen) atoms. The van der Waals surface area contributed by atoms with E-state index < -0.39 is 32.2 Å². The Morgan fingerprint density at radius 2 is 1.93 bits per heavy atom. The van der Waals surface area contributed by atoms with Crippen molar-refractivity contribution >= 4 is 21.8 Å². The lowest BCUT2D eigenvalue weighted by molar-refractivity contribution is -0.384. The Hall–Kier alpha value is -3.18. The van der Waals surface area contributed by atoms with E-state index in [2.05, 4.69) is 0 Å². The smallest absolute Gasteiger partial charge is 0.375 e. The first kappa shape index (κ1) is 20.1. The maximum atomic E-state index is 12.4. The lowest BCUT2D eigenvalue weighted by Gasteiger charge is -2.17. The molecular formula is C19H17NO9S. The highest BCUT2D eigenvalue weighted by atomic mass is 32.2. The van der Waals surface area contributed by atoms with Gasteiger partial charge in [-0.25, -0.2) is 8.98 Å². The molecule has 1 heterocycles. The monoisotopic (exact) mass is 435 g/mol. The van der Waals surface area contributed by atoms with Crippen molar-refractivity contribution in [2.24, 2.45) is 0 Å². The number of fused-ring (bicyclic) bond motifs is 3. The first-order chi connectivity index (χ1) is 14.3. The number of hydrogen-bond acceptors (Lipinski definition) is 8. The van der Waals surface area contributed by atoms with Crippen LogP contribution in [0.15, 0.2) is 47.4 Å². The van der Waals surface area contributed by atoms with E-state index in [9.17, 15) is 28.4 Å². The van der Waals surface area contributed by atoms with E-state index in [0.717, 1.165) is 49.1 Å². The fourth-order valence-electron chi connectivity index (χ4n) is 3.75. The van der Waals surface area contributed by atoms with Gasteiger partial charge in [0.05, 0.1) is 9.82 Å². The van der Waals surface area contributed by atoms with E-state index >= 15 is 0 Å². The predicted octanol–water partition coefficient (Wildman–Crippen LogP) is 2.82. The Morgan fingerprint density at radius 3 is 2.60 bits per heavy atom. The molecule has 2 aromatic carbocycles. The molecule has 1 saturated carbocycles. The SMILES string of the molecule is O=C(O)C(Oc1cccc2c1OC1CCCC21)OS(=O)(=O)c1ccc([N+](=O)[O-])cc1. The highest BCUT2D eigenvalue weighted by Gasteiger charge is 2.40. The summed E-state index contributed by atoms with van der Waals surface area (Å²) in [6.45, 7) is 0. The molecule has 0 aromatic heterocycles. The van der Waals surface area contributed by atoms with Crippen molar-refractivity contribution in [3.05, 3.63) is 58.1 Å². The molecule has 0 radical (unpaired) electrons. The van der Waals surface area contributed by atoms with Crippen LogP contribution in [0.1, 0.15) is 30.7 Å². The minimum atomic E-state index is -4.57. The summed E-state index contributed by atoms with van der Waals surface area (Å²) < 4.78 is 40.9. The number of ether oxygens (including phenoxy) is 2. The zero-order chi connectivity index (χ0) is 21.5. The summed E-state index contributed by atoms with van der Waals surface area (Å²) >= 11 is 0. The molecule has 3 unspecified atom stereocenters. The van der Waals surface area contributed by atoms with Crippen LogP contribution in [0.25, 0.3) is 0 Å². The highest BCUT2D eigenvalue weighted by Crippen LogP contribution is 2.50. The van der Waals surface area contributed by atoms with Crippen molar-refractivity contribution in [1.29, 1.82) is 0 Å². The second-order valence-corrected chi connectivity index (χ2v) is 8.53. The number of nitro groups is 1. The number of carboxylic acid groups (broad SMARTS) is 1. The maximum absolute atomic E-state index is 12.4. The van der Waals surface area contributed by atoms with Gasteiger partial charge in [-0.2, -0.15) is 8.42 Å². The molecule has 2 aromatic rings. The zero-order valence-electron chi connectivity index (χ0n) is 15.5. The highest BCUT2D eigenvalue weighted by molar-refractivity contribution is 7.86. The molecule has 0 amide bonds. The van der Waals surface area contributed by atoms with Gasteiger partial charge in [0.25, 0.3) is 5.69 Å². The molecule has 10 nitrogen and oxygen atoms in total. The van der Waals surface area contributed by atoms with Crippen molar-refractivity contribution < 1.29 is 36.9 Å². The fourth-order valence-corrected chi connectivity index (χ4v) is 4.68. The quantitative estimate of drug-likeness (QED) is 0.300. The number of rotatable bonds is 7. The van der Waals surface area contributed by atoms with Crippen LogP contribution < -0.4 is 9.47 Å². The van der Waals surface area contributed by atoms with Crippen LogP contribution in [0.4, 0.5) is 5.69 Å². The summed E-state index contributed by atoms with van der Waals surface area (Å²) in [7, 11) is -4.57. The lowest BCUT2D eigenvalue weighted by atomic mass is 9.97. The van der Waals surface area contributed by atoms with Crippen molar-refractivity contribution in [2.75, 3.05) is 0 Å². The molecular weight excluding hydrogens is 418 g/mol. The number of aliphatic carboxylic acids is 1. The molecule has 1 aliphatic carbocycles. The van der Waals surface area contributed by atoms with Gasteiger partial charge in [0.2, 0.25) is 0 Å². The molecule has 2 aliphatic rings. The molecule has 0 saturated heterocycles. The molecule has 1 fully saturated rings. The molecule has 4 rings (SSSR count). The van der Waals surface area contributed by atoms with Crippen LogP contribution in [0.3, 0.4) is 0 Å². The van der Waals surface area contributed by atoms with E-state index in [0.29, 0.717) is 5.75 Å². The fraction of sp³-hybridized carbons (Fsp3) is 0.316. The molecule has 158 valence electrons. The Labute approximate surface area is 171 Å². The van der Waals surface area contributed by atoms with Gasteiger partial charge >= 0.3 is 22.4 Å². The average molecular weight is 435 g/mol. The van der Waals surface area contributed by atoms with Crippen LogP contribution in [0.5, 0.6) is 11.5 Å². The largest absolute Gasteiger partial charge is 0.486 e. The van der Waals surface area contributed by atoms with Gasteiger partial charge in [0.15, 0.2) is 11.5 Å². The molecule has 1 aliphatic heterocycles. The third kappa shape index (κ3) is 3.68.